The number of ether oxygens (including phenoxy) is 1. The van der Waals surface area contributed by atoms with Gasteiger partial charge in [-0.25, -0.2) is 0 Å². The topological polar surface area (TPSA) is 21.3 Å². The van der Waals surface area contributed by atoms with Crippen LogP contribution >= 0.6 is 11.6 Å². The smallest absolute Gasteiger partial charge is 0.121 e. The van der Waals surface area contributed by atoms with Gasteiger partial charge in [0, 0.05) is 6.07 Å². The molecule has 0 bridgehead atoms. The van der Waals surface area contributed by atoms with Crippen molar-refractivity contribution in [1.29, 1.82) is 0 Å². The number of anilines is 1. The van der Waals surface area contributed by atoms with E-state index in [0.29, 0.717) is 6.04 Å². The van der Waals surface area contributed by atoms with Crippen molar-refractivity contribution in [3.8, 4) is 5.75 Å². The lowest BCUT2D eigenvalue weighted by molar-refractivity contribution is 0.415. The third-order valence-electron chi connectivity index (χ3n) is 3.87. The van der Waals surface area contributed by atoms with Gasteiger partial charge in [0.25, 0.3) is 0 Å². The van der Waals surface area contributed by atoms with Crippen molar-refractivity contribution < 1.29 is 4.74 Å². The summed E-state index contributed by atoms with van der Waals surface area (Å²) >= 11 is 6.28. The Kier molecular flexibility index (Phi) is 3.83. The minimum atomic E-state index is 0.324. The fourth-order valence-corrected chi connectivity index (χ4v) is 3.01. The van der Waals surface area contributed by atoms with Crippen molar-refractivity contribution in [3.05, 3.63) is 58.6 Å². The molecule has 0 saturated carbocycles. The maximum atomic E-state index is 6.28. The van der Waals surface area contributed by atoms with E-state index in [1.165, 1.54) is 24.0 Å². The van der Waals surface area contributed by atoms with Crippen molar-refractivity contribution in [3.63, 3.8) is 0 Å². The molecule has 1 unspecified atom stereocenters. The van der Waals surface area contributed by atoms with E-state index in [1.807, 2.05) is 18.2 Å². The minimum Gasteiger partial charge on any atom is -0.497 e. The third kappa shape index (κ3) is 2.61. The molecule has 0 radical (unpaired) electrons. The van der Waals surface area contributed by atoms with Crippen LogP contribution in [0.2, 0.25) is 5.02 Å². The lowest BCUT2D eigenvalue weighted by Gasteiger charge is -2.27. The monoisotopic (exact) mass is 287 g/mol. The number of nitrogens with one attached hydrogen (secondary N) is 1. The molecule has 1 aliphatic rings. The summed E-state index contributed by atoms with van der Waals surface area (Å²) in [5, 5.41) is 4.30. The van der Waals surface area contributed by atoms with E-state index in [-0.39, 0.29) is 0 Å². The highest BCUT2D eigenvalue weighted by Gasteiger charge is 2.20. The van der Waals surface area contributed by atoms with Gasteiger partial charge in [-0.3, -0.25) is 0 Å². The first-order valence-electron chi connectivity index (χ1n) is 6.96. The third-order valence-corrected chi connectivity index (χ3v) is 4.20. The van der Waals surface area contributed by atoms with Crippen LogP contribution in [0.4, 0.5) is 5.69 Å². The molecule has 2 aromatic carbocycles. The van der Waals surface area contributed by atoms with Gasteiger partial charge >= 0.3 is 0 Å². The molecule has 0 aromatic heterocycles. The van der Waals surface area contributed by atoms with Crippen molar-refractivity contribution in [1.82, 2.24) is 0 Å². The van der Waals surface area contributed by atoms with Gasteiger partial charge in [0.05, 0.1) is 23.9 Å². The highest BCUT2D eigenvalue weighted by molar-refractivity contribution is 6.33. The fraction of sp³-hybridized carbons (Fsp3) is 0.294. The largest absolute Gasteiger partial charge is 0.497 e. The molecule has 0 saturated heterocycles. The Bertz CT molecular complexity index is 612. The van der Waals surface area contributed by atoms with E-state index in [9.17, 15) is 0 Å². The van der Waals surface area contributed by atoms with Gasteiger partial charge in [-0.2, -0.15) is 0 Å². The second-order valence-corrected chi connectivity index (χ2v) is 5.54. The van der Waals surface area contributed by atoms with Gasteiger partial charge in [0.1, 0.15) is 5.75 Å². The number of fused-ring (bicyclic) bond motifs is 1. The van der Waals surface area contributed by atoms with Crippen LogP contribution in [0.15, 0.2) is 42.5 Å². The Morgan fingerprint density at radius 1 is 1.20 bits per heavy atom. The molecule has 1 aliphatic carbocycles. The van der Waals surface area contributed by atoms with Crippen LogP contribution in [0.25, 0.3) is 0 Å². The Morgan fingerprint density at radius 2 is 2.05 bits per heavy atom. The van der Waals surface area contributed by atoms with E-state index in [1.54, 1.807) is 7.11 Å². The Morgan fingerprint density at radius 3 is 2.90 bits per heavy atom. The lowest BCUT2D eigenvalue weighted by Crippen LogP contribution is -2.17. The van der Waals surface area contributed by atoms with Crippen LogP contribution in [0.1, 0.15) is 30.0 Å². The quantitative estimate of drug-likeness (QED) is 0.872. The lowest BCUT2D eigenvalue weighted by atomic mass is 9.87. The summed E-state index contributed by atoms with van der Waals surface area (Å²) in [4.78, 5) is 0. The Labute approximate surface area is 124 Å². The molecule has 2 aromatic rings. The van der Waals surface area contributed by atoms with Gasteiger partial charge in [-0.05, 0) is 42.5 Å². The number of hydrogen-bond acceptors (Lipinski definition) is 2. The zero-order valence-corrected chi connectivity index (χ0v) is 12.3. The molecule has 1 atom stereocenters. The predicted molar refractivity (Wildman–Crippen MR) is 83.7 cm³/mol. The second kappa shape index (κ2) is 5.76. The summed E-state index contributed by atoms with van der Waals surface area (Å²) in [6.07, 6.45) is 3.50. The fourth-order valence-electron chi connectivity index (χ4n) is 2.83. The molecule has 2 nitrogen and oxygen atoms in total. The van der Waals surface area contributed by atoms with Crippen molar-refractivity contribution in [2.75, 3.05) is 12.4 Å². The predicted octanol–water partition coefficient (Wildman–Crippen LogP) is 4.84. The summed E-state index contributed by atoms with van der Waals surface area (Å²) in [5.41, 5.74) is 3.76. The SMILES string of the molecule is COc1ccc(Cl)c(NC2CCCc3ccccc32)c1. The molecule has 104 valence electrons. The molecule has 0 heterocycles. The zero-order chi connectivity index (χ0) is 13.9. The molecule has 0 spiro atoms. The molecule has 0 fully saturated rings. The zero-order valence-electron chi connectivity index (χ0n) is 11.5. The van der Waals surface area contributed by atoms with Crippen LogP contribution in [0, 0.1) is 0 Å². The second-order valence-electron chi connectivity index (χ2n) is 5.13. The average molecular weight is 288 g/mol. The van der Waals surface area contributed by atoms with Crippen LogP contribution in [0.5, 0.6) is 5.75 Å². The van der Waals surface area contributed by atoms with Crippen LogP contribution in [-0.4, -0.2) is 7.11 Å². The maximum Gasteiger partial charge on any atom is 0.121 e. The summed E-state index contributed by atoms with van der Waals surface area (Å²) in [7, 11) is 1.67. The van der Waals surface area contributed by atoms with Crippen LogP contribution in [-0.2, 0) is 6.42 Å². The highest BCUT2D eigenvalue weighted by atomic mass is 35.5. The molecular formula is C17H18ClNO. The normalized spacial score (nSPS) is 17.4. The molecule has 1 N–H and O–H groups in total. The van der Waals surface area contributed by atoms with Gasteiger partial charge in [0.2, 0.25) is 0 Å². The summed E-state index contributed by atoms with van der Waals surface area (Å²) in [6, 6.07) is 14.7. The van der Waals surface area contributed by atoms with E-state index in [0.717, 1.165) is 22.9 Å². The standard InChI is InChI=1S/C17H18ClNO/c1-20-13-9-10-15(18)17(11-13)19-16-8-4-6-12-5-2-3-7-14(12)16/h2-3,5,7,9-11,16,19H,4,6,8H2,1H3. The first-order chi connectivity index (χ1) is 9.78. The van der Waals surface area contributed by atoms with Gasteiger partial charge in [0.15, 0.2) is 0 Å². The summed E-state index contributed by atoms with van der Waals surface area (Å²) < 4.78 is 5.27. The maximum absolute atomic E-state index is 6.28. The van der Waals surface area contributed by atoms with Crippen molar-refractivity contribution >= 4 is 17.3 Å². The first-order valence-corrected chi connectivity index (χ1v) is 7.33. The van der Waals surface area contributed by atoms with E-state index < -0.39 is 0 Å². The van der Waals surface area contributed by atoms with E-state index in [2.05, 4.69) is 29.6 Å². The van der Waals surface area contributed by atoms with Gasteiger partial charge in [-0.1, -0.05) is 35.9 Å². The Balaban J connectivity index is 1.89. The molecular weight excluding hydrogens is 270 g/mol. The number of aryl methyl sites for hydroxylation is 1. The number of rotatable bonds is 3. The van der Waals surface area contributed by atoms with E-state index >= 15 is 0 Å². The molecule has 0 amide bonds. The number of halogens is 1. The summed E-state index contributed by atoms with van der Waals surface area (Å²) in [5.74, 6) is 0.820. The number of methoxy groups -OCH3 is 1. The minimum absolute atomic E-state index is 0.324. The highest BCUT2D eigenvalue weighted by Crippen LogP contribution is 2.35. The van der Waals surface area contributed by atoms with Crippen molar-refractivity contribution in [2.45, 2.75) is 25.3 Å². The van der Waals surface area contributed by atoms with Gasteiger partial charge in [-0.15, -0.1) is 0 Å². The van der Waals surface area contributed by atoms with Crippen LogP contribution < -0.4 is 10.1 Å². The van der Waals surface area contributed by atoms with E-state index in [4.69, 9.17) is 16.3 Å². The molecule has 0 aliphatic heterocycles. The Hall–Kier alpha value is -1.67. The van der Waals surface area contributed by atoms with Crippen molar-refractivity contribution in [2.24, 2.45) is 0 Å². The molecule has 20 heavy (non-hydrogen) atoms. The molecule has 3 rings (SSSR count). The molecule has 3 heteroatoms. The van der Waals surface area contributed by atoms with Gasteiger partial charge < -0.3 is 10.1 Å². The number of benzene rings is 2. The number of hydrogen-bond donors (Lipinski definition) is 1. The first kappa shape index (κ1) is 13.3. The average Bonchev–Trinajstić information content (AvgIpc) is 2.50. The van der Waals surface area contributed by atoms with Crippen LogP contribution in [0.3, 0.4) is 0 Å². The summed E-state index contributed by atoms with van der Waals surface area (Å²) in [6.45, 7) is 0.